The first-order valence-corrected chi connectivity index (χ1v) is 5.33. The van der Waals surface area contributed by atoms with Gasteiger partial charge in [-0.05, 0) is 18.9 Å². The van der Waals surface area contributed by atoms with Gasteiger partial charge < -0.3 is 0 Å². The topological polar surface area (TPSA) is 45.8 Å². The normalized spacial score (nSPS) is 18.4. The van der Waals surface area contributed by atoms with E-state index in [9.17, 15) is 4.79 Å². The molecule has 1 N–H and O–H groups in total. The quantitative estimate of drug-likeness (QED) is 0.732. The van der Waals surface area contributed by atoms with Crippen LogP contribution < -0.4 is 0 Å². The summed E-state index contributed by atoms with van der Waals surface area (Å²) in [5.41, 5.74) is 1.72. The predicted octanol–water partition coefficient (Wildman–Crippen LogP) is 2.66. The lowest BCUT2D eigenvalue weighted by Crippen LogP contribution is -2.04. The number of carbonyl (C=O) groups is 1. The van der Waals surface area contributed by atoms with Gasteiger partial charge in [0.2, 0.25) is 0 Å². The van der Waals surface area contributed by atoms with Crippen molar-refractivity contribution in [1.29, 1.82) is 0 Å². The van der Waals surface area contributed by atoms with Crippen LogP contribution in [0.15, 0.2) is 6.07 Å². The van der Waals surface area contributed by atoms with E-state index in [2.05, 4.69) is 10.2 Å². The Balaban J connectivity index is 2.11. The molecule has 1 saturated carbocycles. The van der Waals surface area contributed by atoms with Crippen LogP contribution in [0.5, 0.6) is 0 Å². The zero-order valence-corrected chi connectivity index (χ0v) is 8.55. The van der Waals surface area contributed by atoms with Gasteiger partial charge in [-0.25, -0.2) is 0 Å². The lowest BCUT2D eigenvalue weighted by Gasteiger charge is -2.19. The van der Waals surface area contributed by atoms with Crippen molar-refractivity contribution < 1.29 is 4.79 Å². The molecule has 0 amide bonds. The summed E-state index contributed by atoms with van der Waals surface area (Å²) in [5.74, 6) is 0.646. The Labute approximate surface area is 83.9 Å². The van der Waals surface area contributed by atoms with Crippen molar-refractivity contribution in [2.24, 2.45) is 0 Å². The van der Waals surface area contributed by atoms with Crippen molar-refractivity contribution in [3.05, 3.63) is 17.5 Å². The number of H-pyrrole nitrogens is 1. The standard InChI is InChI=1S/C11H16N2O/c1-8(14)10-7-11(13-12-10)9-5-3-2-4-6-9/h7,9H,2-6H2,1H3,(H,12,13). The molecule has 3 heteroatoms. The molecule has 1 aromatic heterocycles. The third kappa shape index (κ3) is 1.86. The molecular formula is C11H16N2O. The van der Waals surface area contributed by atoms with Gasteiger partial charge in [0.15, 0.2) is 5.78 Å². The zero-order chi connectivity index (χ0) is 9.97. The molecule has 1 aromatic rings. The van der Waals surface area contributed by atoms with E-state index in [1.54, 1.807) is 6.92 Å². The highest BCUT2D eigenvalue weighted by molar-refractivity contribution is 5.92. The lowest BCUT2D eigenvalue weighted by atomic mass is 9.87. The van der Waals surface area contributed by atoms with E-state index < -0.39 is 0 Å². The minimum Gasteiger partial charge on any atom is -0.293 e. The van der Waals surface area contributed by atoms with Crippen LogP contribution in [-0.2, 0) is 0 Å². The number of Topliss-reactive ketones (excluding diaryl/α,β-unsaturated/α-hetero) is 1. The van der Waals surface area contributed by atoms with Crippen LogP contribution in [0.25, 0.3) is 0 Å². The Kier molecular flexibility index (Phi) is 2.66. The van der Waals surface area contributed by atoms with Crippen molar-refractivity contribution in [2.75, 3.05) is 0 Å². The molecule has 1 heterocycles. The van der Waals surface area contributed by atoms with Crippen LogP contribution in [0.1, 0.15) is 61.1 Å². The number of hydrogen-bond acceptors (Lipinski definition) is 2. The molecule has 0 radical (unpaired) electrons. The van der Waals surface area contributed by atoms with Crippen LogP contribution in [0.4, 0.5) is 0 Å². The Hall–Kier alpha value is -1.12. The number of nitrogens with one attached hydrogen (secondary N) is 1. The Morgan fingerprint density at radius 2 is 2.14 bits per heavy atom. The molecule has 14 heavy (non-hydrogen) atoms. The maximum absolute atomic E-state index is 11.1. The summed E-state index contributed by atoms with van der Waals surface area (Å²) in [6.45, 7) is 1.56. The van der Waals surface area contributed by atoms with Crippen molar-refractivity contribution >= 4 is 5.78 Å². The largest absolute Gasteiger partial charge is 0.293 e. The van der Waals surface area contributed by atoms with Crippen LogP contribution >= 0.6 is 0 Å². The average Bonchev–Trinajstić information content (AvgIpc) is 2.68. The molecule has 1 aliphatic rings. The zero-order valence-electron chi connectivity index (χ0n) is 8.55. The predicted molar refractivity (Wildman–Crippen MR) is 54.4 cm³/mol. The molecule has 0 unspecified atom stereocenters. The second kappa shape index (κ2) is 3.95. The Morgan fingerprint density at radius 3 is 2.71 bits per heavy atom. The third-order valence-corrected chi connectivity index (χ3v) is 3.00. The van der Waals surface area contributed by atoms with Gasteiger partial charge in [-0.2, -0.15) is 5.10 Å². The molecule has 1 fully saturated rings. The summed E-state index contributed by atoms with van der Waals surface area (Å²) in [5, 5.41) is 7.00. The van der Waals surface area contributed by atoms with Gasteiger partial charge in [0.1, 0.15) is 5.69 Å². The maximum atomic E-state index is 11.1. The summed E-state index contributed by atoms with van der Waals surface area (Å²) in [4.78, 5) is 11.1. The van der Waals surface area contributed by atoms with Gasteiger partial charge in [-0.3, -0.25) is 9.89 Å². The highest BCUT2D eigenvalue weighted by atomic mass is 16.1. The molecule has 3 nitrogen and oxygen atoms in total. The minimum atomic E-state index is 0.0447. The minimum absolute atomic E-state index is 0.0447. The SMILES string of the molecule is CC(=O)c1cc(C2CCCCC2)[nH]n1. The monoisotopic (exact) mass is 192 g/mol. The Bertz CT molecular complexity index is 324. The lowest BCUT2D eigenvalue weighted by molar-refractivity contribution is 0.101. The number of aromatic amines is 1. The summed E-state index contributed by atoms with van der Waals surface area (Å²) < 4.78 is 0. The van der Waals surface area contributed by atoms with Gasteiger partial charge in [0.25, 0.3) is 0 Å². The first kappa shape index (κ1) is 9.44. The maximum Gasteiger partial charge on any atom is 0.179 e. The molecule has 0 bridgehead atoms. The van der Waals surface area contributed by atoms with E-state index in [0.717, 1.165) is 5.69 Å². The van der Waals surface area contributed by atoms with E-state index in [0.29, 0.717) is 11.6 Å². The average molecular weight is 192 g/mol. The third-order valence-electron chi connectivity index (χ3n) is 3.00. The van der Waals surface area contributed by atoms with Gasteiger partial charge in [0.05, 0.1) is 0 Å². The van der Waals surface area contributed by atoms with Crippen LogP contribution in [0.2, 0.25) is 0 Å². The van der Waals surface area contributed by atoms with Gasteiger partial charge in [-0.15, -0.1) is 0 Å². The van der Waals surface area contributed by atoms with Crippen molar-refractivity contribution in [3.8, 4) is 0 Å². The molecule has 0 aliphatic heterocycles. The van der Waals surface area contributed by atoms with Crippen LogP contribution in [0.3, 0.4) is 0 Å². The van der Waals surface area contributed by atoms with Gasteiger partial charge in [-0.1, -0.05) is 19.3 Å². The smallest absolute Gasteiger partial charge is 0.179 e. The number of rotatable bonds is 2. The van der Waals surface area contributed by atoms with Crippen molar-refractivity contribution in [1.82, 2.24) is 10.2 Å². The van der Waals surface area contributed by atoms with E-state index in [1.165, 1.54) is 32.1 Å². The number of carbonyl (C=O) groups excluding carboxylic acids is 1. The molecule has 0 spiro atoms. The van der Waals surface area contributed by atoms with Crippen molar-refractivity contribution in [2.45, 2.75) is 44.9 Å². The molecule has 0 saturated heterocycles. The highest BCUT2D eigenvalue weighted by Gasteiger charge is 2.18. The van der Waals surface area contributed by atoms with Crippen molar-refractivity contribution in [3.63, 3.8) is 0 Å². The fraction of sp³-hybridized carbons (Fsp3) is 0.636. The van der Waals surface area contributed by atoms with E-state index in [-0.39, 0.29) is 5.78 Å². The molecule has 2 rings (SSSR count). The molecule has 0 atom stereocenters. The molecule has 76 valence electrons. The number of hydrogen-bond donors (Lipinski definition) is 1. The van der Waals surface area contributed by atoms with Gasteiger partial charge >= 0.3 is 0 Å². The number of ketones is 1. The summed E-state index contributed by atoms with van der Waals surface area (Å²) >= 11 is 0. The number of nitrogens with zero attached hydrogens (tertiary/aromatic N) is 1. The van der Waals surface area contributed by atoms with E-state index >= 15 is 0 Å². The van der Waals surface area contributed by atoms with E-state index in [1.807, 2.05) is 6.07 Å². The summed E-state index contributed by atoms with van der Waals surface area (Å²) in [7, 11) is 0. The molecular weight excluding hydrogens is 176 g/mol. The Morgan fingerprint density at radius 1 is 1.43 bits per heavy atom. The van der Waals surface area contributed by atoms with Crippen LogP contribution in [-0.4, -0.2) is 16.0 Å². The first-order chi connectivity index (χ1) is 6.77. The fourth-order valence-corrected chi connectivity index (χ4v) is 2.14. The highest BCUT2D eigenvalue weighted by Crippen LogP contribution is 2.31. The number of aromatic nitrogens is 2. The molecule has 1 aliphatic carbocycles. The van der Waals surface area contributed by atoms with Gasteiger partial charge in [0, 0.05) is 18.5 Å². The van der Waals surface area contributed by atoms with E-state index in [4.69, 9.17) is 0 Å². The second-order valence-corrected chi connectivity index (χ2v) is 4.10. The second-order valence-electron chi connectivity index (χ2n) is 4.10. The molecule has 0 aromatic carbocycles. The fourth-order valence-electron chi connectivity index (χ4n) is 2.14. The first-order valence-electron chi connectivity index (χ1n) is 5.33. The van der Waals surface area contributed by atoms with Crippen LogP contribution in [0, 0.1) is 0 Å². The summed E-state index contributed by atoms with van der Waals surface area (Å²) in [6.07, 6.45) is 6.43. The summed E-state index contributed by atoms with van der Waals surface area (Å²) in [6, 6.07) is 1.92.